The van der Waals surface area contributed by atoms with E-state index in [-0.39, 0.29) is 11.4 Å². The Morgan fingerprint density at radius 3 is 2.74 bits per heavy atom. The van der Waals surface area contributed by atoms with Crippen LogP contribution in [-0.4, -0.2) is 41.8 Å². The van der Waals surface area contributed by atoms with Crippen molar-refractivity contribution in [3.63, 3.8) is 0 Å². The predicted octanol–water partition coefficient (Wildman–Crippen LogP) is 2.36. The topological polar surface area (TPSA) is 32.7 Å². The van der Waals surface area contributed by atoms with Crippen molar-refractivity contribution < 1.29 is 14.2 Å². The first-order valence-corrected chi connectivity index (χ1v) is 6.81. The highest BCUT2D eigenvalue weighted by atomic mass is 19.1. The molecule has 4 heteroatoms. The van der Waals surface area contributed by atoms with Gasteiger partial charge in [0.15, 0.2) is 0 Å². The normalized spacial score (nSPS) is 26.3. The zero-order valence-corrected chi connectivity index (χ0v) is 11.6. The summed E-state index contributed by atoms with van der Waals surface area (Å²) >= 11 is 0. The molecule has 0 aromatic heterocycles. The van der Waals surface area contributed by atoms with E-state index in [9.17, 15) is 9.50 Å². The van der Waals surface area contributed by atoms with Crippen LogP contribution in [0.2, 0.25) is 0 Å². The van der Waals surface area contributed by atoms with Gasteiger partial charge in [-0.1, -0.05) is 19.1 Å². The molecule has 1 N–H and O–H groups in total. The number of nitrogens with zero attached hydrogens (tertiary/aromatic N) is 1. The second kappa shape index (κ2) is 5.99. The maximum absolute atomic E-state index is 12.9. The molecule has 2 unspecified atom stereocenters. The van der Waals surface area contributed by atoms with Crippen LogP contribution in [0.3, 0.4) is 0 Å². The molecular weight excluding hydrogens is 245 g/mol. The molecule has 1 saturated heterocycles. The highest BCUT2D eigenvalue weighted by molar-refractivity contribution is 5.19. The Morgan fingerprint density at radius 2 is 2.11 bits per heavy atom. The first-order chi connectivity index (χ1) is 9.05. The fourth-order valence-electron chi connectivity index (χ4n) is 2.46. The highest BCUT2D eigenvalue weighted by Gasteiger charge is 2.34. The van der Waals surface area contributed by atoms with Gasteiger partial charge in [-0.15, -0.1) is 0 Å². The molecule has 0 amide bonds. The maximum Gasteiger partial charge on any atom is 0.123 e. The van der Waals surface area contributed by atoms with Gasteiger partial charge in [0.05, 0.1) is 19.3 Å². The van der Waals surface area contributed by atoms with Crippen LogP contribution in [0.15, 0.2) is 24.3 Å². The molecule has 0 spiro atoms. The van der Waals surface area contributed by atoms with Gasteiger partial charge in [0.25, 0.3) is 0 Å². The monoisotopic (exact) mass is 267 g/mol. The maximum atomic E-state index is 12.9. The molecule has 0 aliphatic carbocycles. The van der Waals surface area contributed by atoms with E-state index in [1.54, 1.807) is 12.1 Å². The minimum atomic E-state index is -0.593. The Hall–Kier alpha value is -0.970. The summed E-state index contributed by atoms with van der Waals surface area (Å²) in [5, 5.41) is 10.3. The standard InChI is InChI=1S/C15H22FNO2/c1-3-15(2)11-19-9-8-17(15)10-14(18)12-4-6-13(16)7-5-12/h4-7,14,18H,3,8-11H2,1-2H3. The first kappa shape index (κ1) is 14.4. The smallest absolute Gasteiger partial charge is 0.123 e. The molecule has 0 saturated carbocycles. The molecule has 1 aliphatic heterocycles. The summed E-state index contributed by atoms with van der Waals surface area (Å²) in [6.45, 7) is 7.06. The van der Waals surface area contributed by atoms with Crippen LogP contribution in [0.4, 0.5) is 4.39 Å². The molecular formula is C15H22FNO2. The van der Waals surface area contributed by atoms with Crippen molar-refractivity contribution >= 4 is 0 Å². The van der Waals surface area contributed by atoms with Crippen LogP contribution in [0.1, 0.15) is 31.9 Å². The molecule has 1 aromatic rings. The van der Waals surface area contributed by atoms with E-state index in [0.717, 1.165) is 18.5 Å². The van der Waals surface area contributed by atoms with Gasteiger partial charge in [-0.3, -0.25) is 4.90 Å². The van der Waals surface area contributed by atoms with E-state index in [0.29, 0.717) is 19.8 Å². The predicted molar refractivity (Wildman–Crippen MR) is 72.4 cm³/mol. The summed E-state index contributed by atoms with van der Waals surface area (Å²) in [7, 11) is 0. The minimum Gasteiger partial charge on any atom is -0.387 e. The number of hydrogen-bond acceptors (Lipinski definition) is 3. The second-order valence-corrected chi connectivity index (χ2v) is 5.42. The zero-order chi connectivity index (χ0) is 13.9. The summed E-state index contributed by atoms with van der Waals surface area (Å²) in [5.41, 5.74) is 0.727. The number of rotatable bonds is 4. The second-order valence-electron chi connectivity index (χ2n) is 5.42. The summed E-state index contributed by atoms with van der Waals surface area (Å²) in [6, 6.07) is 6.06. The molecule has 1 aliphatic rings. The van der Waals surface area contributed by atoms with Gasteiger partial charge < -0.3 is 9.84 Å². The van der Waals surface area contributed by atoms with Crippen LogP contribution >= 0.6 is 0 Å². The Morgan fingerprint density at radius 1 is 1.42 bits per heavy atom. The Balaban J connectivity index is 2.04. The Bertz CT molecular complexity index is 409. The molecule has 106 valence electrons. The van der Waals surface area contributed by atoms with Crippen molar-refractivity contribution in [1.29, 1.82) is 0 Å². The summed E-state index contributed by atoms with van der Waals surface area (Å²) in [5.74, 6) is -0.277. The average Bonchev–Trinajstić information content (AvgIpc) is 2.42. The van der Waals surface area contributed by atoms with Gasteiger partial charge in [-0.25, -0.2) is 4.39 Å². The number of aliphatic hydroxyl groups is 1. The Labute approximate surface area is 114 Å². The number of ether oxygens (including phenoxy) is 1. The van der Waals surface area contributed by atoms with E-state index in [2.05, 4.69) is 18.7 Å². The van der Waals surface area contributed by atoms with E-state index >= 15 is 0 Å². The van der Waals surface area contributed by atoms with Crippen LogP contribution < -0.4 is 0 Å². The minimum absolute atomic E-state index is 0.0285. The van der Waals surface area contributed by atoms with Crippen molar-refractivity contribution in [2.24, 2.45) is 0 Å². The van der Waals surface area contributed by atoms with Crippen LogP contribution in [0, 0.1) is 5.82 Å². The lowest BCUT2D eigenvalue weighted by Gasteiger charge is -2.45. The van der Waals surface area contributed by atoms with Gasteiger partial charge in [-0.2, -0.15) is 0 Å². The van der Waals surface area contributed by atoms with E-state index in [1.165, 1.54) is 12.1 Å². The van der Waals surface area contributed by atoms with Crippen LogP contribution in [0.25, 0.3) is 0 Å². The number of aliphatic hydroxyl groups excluding tert-OH is 1. The van der Waals surface area contributed by atoms with Gasteiger partial charge >= 0.3 is 0 Å². The van der Waals surface area contributed by atoms with Crippen molar-refractivity contribution in [3.05, 3.63) is 35.6 Å². The lowest BCUT2D eigenvalue weighted by molar-refractivity contribution is -0.0767. The first-order valence-electron chi connectivity index (χ1n) is 6.81. The largest absolute Gasteiger partial charge is 0.387 e. The van der Waals surface area contributed by atoms with Gasteiger partial charge in [0.1, 0.15) is 5.82 Å². The number of morpholine rings is 1. The summed E-state index contributed by atoms with van der Waals surface area (Å²) in [6.07, 6.45) is 0.382. The molecule has 3 nitrogen and oxygen atoms in total. The fraction of sp³-hybridized carbons (Fsp3) is 0.600. The van der Waals surface area contributed by atoms with Crippen molar-refractivity contribution in [1.82, 2.24) is 4.90 Å². The number of β-amino-alcohol motifs (C(OH)–C–C–N with tert-alkyl or cyclic N) is 1. The van der Waals surface area contributed by atoms with Crippen LogP contribution in [0.5, 0.6) is 0 Å². The summed E-state index contributed by atoms with van der Waals surface area (Å²) in [4.78, 5) is 2.27. The summed E-state index contributed by atoms with van der Waals surface area (Å²) < 4.78 is 18.4. The Kier molecular flexibility index (Phi) is 4.55. The molecule has 0 radical (unpaired) electrons. The molecule has 19 heavy (non-hydrogen) atoms. The quantitative estimate of drug-likeness (QED) is 0.909. The third-order valence-corrected chi connectivity index (χ3v) is 4.09. The lowest BCUT2D eigenvalue weighted by atomic mass is 9.95. The number of halogens is 1. The SMILES string of the molecule is CCC1(C)COCCN1CC(O)c1ccc(F)cc1. The van der Waals surface area contributed by atoms with Crippen molar-refractivity contribution in [3.8, 4) is 0 Å². The molecule has 1 aromatic carbocycles. The van der Waals surface area contributed by atoms with Gasteiger partial charge in [0.2, 0.25) is 0 Å². The molecule has 1 heterocycles. The zero-order valence-electron chi connectivity index (χ0n) is 11.6. The third kappa shape index (κ3) is 3.32. The van der Waals surface area contributed by atoms with E-state index < -0.39 is 6.10 Å². The third-order valence-electron chi connectivity index (χ3n) is 4.09. The van der Waals surface area contributed by atoms with Gasteiger partial charge in [-0.05, 0) is 31.0 Å². The fourth-order valence-corrected chi connectivity index (χ4v) is 2.46. The van der Waals surface area contributed by atoms with E-state index in [1.807, 2.05) is 0 Å². The van der Waals surface area contributed by atoms with Crippen molar-refractivity contribution in [2.75, 3.05) is 26.3 Å². The van der Waals surface area contributed by atoms with E-state index in [4.69, 9.17) is 4.74 Å². The number of benzene rings is 1. The molecule has 2 rings (SSSR count). The molecule has 2 atom stereocenters. The lowest BCUT2D eigenvalue weighted by Crippen LogP contribution is -2.55. The molecule has 0 bridgehead atoms. The van der Waals surface area contributed by atoms with Crippen LogP contribution in [-0.2, 0) is 4.74 Å². The highest BCUT2D eigenvalue weighted by Crippen LogP contribution is 2.26. The van der Waals surface area contributed by atoms with Crippen molar-refractivity contribution in [2.45, 2.75) is 31.9 Å². The van der Waals surface area contributed by atoms with Gasteiger partial charge in [0, 0.05) is 18.6 Å². The molecule has 1 fully saturated rings. The average molecular weight is 267 g/mol. The number of hydrogen-bond donors (Lipinski definition) is 1.